The van der Waals surface area contributed by atoms with Crippen LogP contribution in [0.15, 0.2) is 53.6 Å². The molecule has 1 N–H and O–H groups in total. The molecular formula is C24H26N2O3. The lowest BCUT2D eigenvalue weighted by molar-refractivity contribution is -0.122. The van der Waals surface area contributed by atoms with Gasteiger partial charge in [0, 0.05) is 12.1 Å². The second kappa shape index (κ2) is 7.74. The number of allylic oxidation sites excluding steroid dienone is 1. The standard InChI is InChI=1S/C24H26N2O3/c1-24(2,3)18-9-7-17(8-10-18)19-14-20(19)23(27)26-25-12-4-5-16-6-11-21-22(13-16)29-15-28-21/h4-13,19-20H,14-15H2,1-3H3,(H,26,27)/b5-4+,25-12-. The van der Waals surface area contributed by atoms with Gasteiger partial charge in [-0.3, -0.25) is 4.79 Å². The summed E-state index contributed by atoms with van der Waals surface area (Å²) >= 11 is 0. The molecule has 5 heteroatoms. The molecule has 29 heavy (non-hydrogen) atoms. The molecule has 1 fully saturated rings. The van der Waals surface area contributed by atoms with E-state index in [4.69, 9.17) is 9.47 Å². The van der Waals surface area contributed by atoms with Crippen LogP contribution >= 0.6 is 0 Å². The molecule has 5 nitrogen and oxygen atoms in total. The minimum absolute atomic E-state index is 0.00507. The maximum atomic E-state index is 12.3. The van der Waals surface area contributed by atoms with Gasteiger partial charge < -0.3 is 9.47 Å². The molecule has 4 rings (SSSR count). The molecule has 1 heterocycles. The number of rotatable bonds is 5. The Bertz CT molecular complexity index is 955. The molecule has 150 valence electrons. The van der Waals surface area contributed by atoms with Crippen molar-refractivity contribution in [1.29, 1.82) is 0 Å². The predicted octanol–water partition coefficient (Wildman–Crippen LogP) is 4.63. The average molecular weight is 390 g/mol. The number of amides is 1. The molecule has 1 aliphatic heterocycles. The van der Waals surface area contributed by atoms with E-state index in [-0.39, 0.29) is 24.0 Å². The first kappa shape index (κ1) is 19.2. The Labute approximate surface area is 171 Å². The first-order chi connectivity index (χ1) is 13.9. The quantitative estimate of drug-likeness (QED) is 0.598. The van der Waals surface area contributed by atoms with E-state index in [1.165, 1.54) is 11.1 Å². The summed E-state index contributed by atoms with van der Waals surface area (Å²) in [6.45, 7) is 6.87. The Morgan fingerprint density at radius 2 is 1.86 bits per heavy atom. The Morgan fingerprint density at radius 3 is 2.62 bits per heavy atom. The third kappa shape index (κ3) is 4.50. The zero-order chi connectivity index (χ0) is 20.4. The van der Waals surface area contributed by atoms with E-state index >= 15 is 0 Å². The molecule has 2 aromatic rings. The molecule has 2 aliphatic rings. The van der Waals surface area contributed by atoms with Crippen LogP contribution in [0, 0.1) is 5.92 Å². The van der Waals surface area contributed by atoms with E-state index in [1.807, 2.05) is 24.3 Å². The van der Waals surface area contributed by atoms with Crippen molar-refractivity contribution >= 4 is 18.2 Å². The van der Waals surface area contributed by atoms with Gasteiger partial charge >= 0.3 is 0 Å². The lowest BCUT2D eigenvalue weighted by Gasteiger charge is -2.19. The number of nitrogens with zero attached hydrogens (tertiary/aromatic N) is 1. The van der Waals surface area contributed by atoms with Crippen molar-refractivity contribution in [1.82, 2.24) is 5.43 Å². The largest absolute Gasteiger partial charge is 0.454 e. The summed E-state index contributed by atoms with van der Waals surface area (Å²) in [5.41, 5.74) is 6.30. The summed E-state index contributed by atoms with van der Waals surface area (Å²) in [7, 11) is 0. The number of hydrogen-bond acceptors (Lipinski definition) is 4. The highest BCUT2D eigenvalue weighted by Gasteiger charge is 2.43. The maximum Gasteiger partial charge on any atom is 0.243 e. The van der Waals surface area contributed by atoms with Gasteiger partial charge in [0.2, 0.25) is 12.7 Å². The summed E-state index contributed by atoms with van der Waals surface area (Å²) in [4.78, 5) is 12.3. The Balaban J connectivity index is 1.26. The van der Waals surface area contributed by atoms with Crippen LogP contribution in [0.3, 0.4) is 0 Å². The molecule has 0 aromatic heterocycles. The number of benzene rings is 2. The van der Waals surface area contributed by atoms with Crippen molar-refractivity contribution in [2.75, 3.05) is 6.79 Å². The fourth-order valence-corrected chi connectivity index (χ4v) is 3.48. The van der Waals surface area contributed by atoms with Crippen molar-refractivity contribution in [2.24, 2.45) is 11.0 Å². The van der Waals surface area contributed by atoms with Gasteiger partial charge in [0.1, 0.15) is 0 Å². The van der Waals surface area contributed by atoms with Crippen molar-refractivity contribution in [3.05, 3.63) is 65.2 Å². The normalized spacial score (nSPS) is 20.4. The van der Waals surface area contributed by atoms with Crippen LogP contribution in [0.5, 0.6) is 11.5 Å². The minimum Gasteiger partial charge on any atom is -0.454 e. The van der Waals surface area contributed by atoms with Gasteiger partial charge in [-0.1, -0.05) is 57.2 Å². The van der Waals surface area contributed by atoms with Crippen LogP contribution in [-0.4, -0.2) is 18.9 Å². The number of nitrogens with one attached hydrogen (secondary N) is 1. The highest BCUT2D eigenvalue weighted by Crippen LogP contribution is 2.47. The first-order valence-electron chi connectivity index (χ1n) is 9.91. The van der Waals surface area contributed by atoms with Gasteiger partial charge in [-0.2, -0.15) is 5.10 Å². The molecular weight excluding hydrogens is 364 g/mol. The molecule has 2 unspecified atom stereocenters. The third-order valence-corrected chi connectivity index (χ3v) is 5.35. The number of carbonyl (C=O) groups is 1. The van der Waals surface area contributed by atoms with E-state index in [1.54, 1.807) is 12.3 Å². The third-order valence-electron chi connectivity index (χ3n) is 5.35. The van der Waals surface area contributed by atoms with E-state index in [2.05, 4.69) is 55.6 Å². The first-order valence-corrected chi connectivity index (χ1v) is 9.91. The topological polar surface area (TPSA) is 59.9 Å². The lowest BCUT2D eigenvalue weighted by Crippen LogP contribution is -2.19. The smallest absolute Gasteiger partial charge is 0.243 e. The lowest BCUT2D eigenvalue weighted by atomic mass is 9.86. The number of carbonyl (C=O) groups excluding carboxylic acids is 1. The molecule has 1 aliphatic carbocycles. The highest BCUT2D eigenvalue weighted by molar-refractivity contribution is 5.85. The summed E-state index contributed by atoms with van der Waals surface area (Å²) in [6.07, 6.45) is 6.14. The predicted molar refractivity (Wildman–Crippen MR) is 114 cm³/mol. The molecule has 1 saturated carbocycles. The van der Waals surface area contributed by atoms with Crippen LogP contribution in [0.4, 0.5) is 0 Å². The van der Waals surface area contributed by atoms with Gasteiger partial charge in [0.25, 0.3) is 0 Å². The highest BCUT2D eigenvalue weighted by atomic mass is 16.7. The summed E-state index contributed by atoms with van der Waals surface area (Å²) in [5, 5.41) is 4.03. The molecule has 0 bridgehead atoms. The van der Waals surface area contributed by atoms with E-state index in [0.29, 0.717) is 5.92 Å². The van der Waals surface area contributed by atoms with Crippen LogP contribution in [0.25, 0.3) is 6.08 Å². The SMILES string of the molecule is CC(C)(C)c1ccc(C2CC2C(=O)N/N=C\C=C\c2ccc3c(c2)OCO3)cc1. The Hall–Kier alpha value is -3.08. The fraction of sp³-hybridized carbons (Fsp3) is 0.333. The van der Waals surface area contributed by atoms with Crippen molar-refractivity contribution in [3.8, 4) is 11.5 Å². The number of fused-ring (bicyclic) bond motifs is 1. The number of hydrogen-bond donors (Lipinski definition) is 1. The maximum absolute atomic E-state index is 12.3. The minimum atomic E-state index is -0.0253. The van der Waals surface area contributed by atoms with E-state index < -0.39 is 0 Å². The Morgan fingerprint density at radius 1 is 1.10 bits per heavy atom. The number of ether oxygens (including phenoxy) is 2. The van der Waals surface area contributed by atoms with Gasteiger partial charge in [-0.05, 0) is 52.7 Å². The Kier molecular flexibility index (Phi) is 5.14. The van der Waals surface area contributed by atoms with Crippen molar-refractivity contribution in [2.45, 2.75) is 38.5 Å². The zero-order valence-electron chi connectivity index (χ0n) is 17.0. The zero-order valence-corrected chi connectivity index (χ0v) is 17.0. The monoisotopic (exact) mass is 390 g/mol. The van der Waals surface area contributed by atoms with Gasteiger partial charge in [-0.25, -0.2) is 5.43 Å². The van der Waals surface area contributed by atoms with Crippen LogP contribution in [-0.2, 0) is 10.2 Å². The second-order valence-corrected chi connectivity index (χ2v) is 8.55. The van der Waals surface area contributed by atoms with Crippen LogP contribution in [0.2, 0.25) is 0 Å². The fourth-order valence-electron chi connectivity index (χ4n) is 3.48. The number of hydrazone groups is 1. The van der Waals surface area contributed by atoms with Crippen molar-refractivity contribution in [3.63, 3.8) is 0 Å². The summed E-state index contributed by atoms with van der Waals surface area (Å²) in [6, 6.07) is 14.4. The molecule has 0 saturated heterocycles. The molecule has 2 aromatic carbocycles. The molecule has 1 amide bonds. The van der Waals surface area contributed by atoms with Gasteiger partial charge in [0.05, 0.1) is 0 Å². The average Bonchev–Trinajstić information content (AvgIpc) is 3.37. The van der Waals surface area contributed by atoms with Gasteiger partial charge in [0.15, 0.2) is 11.5 Å². The van der Waals surface area contributed by atoms with E-state index in [0.717, 1.165) is 23.5 Å². The van der Waals surface area contributed by atoms with Crippen LogP contribution in [0.1, 0.15) is 49.8 Å². The second-order valence-electron chi connectivity index (χ2n) is 8.55. The molecule has 2 atom stereocenters. The molecule has 0 spiro atoms. The van der Waals surface area contributed by atoms with E-state index in [9.17, 15) is 4.79 Å². The summed E-state index contributed by atoms with van der Waals surface area (Å²) in [5.74, 6) is 1.78. The summed E-state index contributed by atoms with van der Waals surface area (Å²) < 4.78 is 10.6. The van der Waals surface area contributed by atoms with Crippen molar-refractivity contribution < 1.29 is 14.3 Å². The van der Waals surface area contributed by atoms with Crippen LogP contribution < -0.4 is 14.9 Å². The molecule has 0 radical (unpaired) electrons. The van der Waals surface area contributed by atoms with Gasteiger partial charge in [-0.15, -0.1) is 0 Å².